The number of phenolic OH excluding ortho intramolecular Hbond substituents is 2. The van der Waals surface area contributed by atoms with Crippen LogP contribution in [0.5, 0.6) is 11.5 Å². The van der Waals surface area contributed by atoms with Crippen LogP contribution in [0.2, 0.25) is 0 Å². The lowest BCUT2D eigenvalue weighted by Crippen LogP contribution is -1.97. The van der Waals surface area contributed by atoms with Crippen molar-refractivity contribution < 1.29 is 10.2 Å². The highest BCUT2D eigenvalue weighted by molar-refractivity contribution is 6.09. The van der Waals surface area contributed by atoms with Gasteiger partial charge in [0.05, 0.1) is 21.8 Å². The van der Waals surface area contributed by atoms with Crippen LogP contribution in [0.15, 0.2) is 97.3 Å². The summed E-state index contributed by atoms with van der Waals surface area (Å²) < 4.78 is 0. The number of fused-ring (bicyclic) bond motifs is 6. The molecule has 6 rings (SSSR count). The van der Waals surface area contributed by atoms with E-state index in [0.717, 1.165) is 60.1 Å². The molecule has 0 atom stereocenters. The van der Waals surface area contributed by atoms with Gasteiger partial charge in [0.25, 0.3) is 0 Å². The van der Waals surface area contributed by atoms with E-state index in [1.165, 1.54) is 0 Å². The van der Waals surface area contributed by atoms with Crippen LogP contribution in [-0.2, 0) is 12.8 Å². The van der Waals surface area contributed by atoms with E-state index in [4.69, 9.17) is 0 Å². The van der Waals surface area contributed by atoms with E-state index in [2.05, 4.69) is 16.5 Å². The second kappa shape index (κ2) is 7.85. The van der Waals surface area contributed by atoms with E-state index in [1.54, 1.807) is 12.4 Å². The predicted octanol–water partition coefficient (Wildman–Crippen LogP) is 6.84. The Morgan fingerprint density at radius 1 is 0.588 bits per heavy atom. The molecule has 0 saturated carbocycles. The molecule has 0 aliphatic carbocycles. The number of aromatic hydroxyl groups is 2. The van der Waals surface area contributed by atoms with Crippen molar-refractivity contribution in [2.75, 3.05) is 0 Å². The molecule has 6 aromatic rings. The van der Waals surface area contributed by atoms with Gasteiger partial charge >= 0.3 is 0 Å². The highest BCUT2D eigenvalue weighted by Gasteiger charge is 2.15. The normalized spacial score (nSPS) is 11.5. The average Bonchev–Trinajstić information content (AvgIpc) is 2.87. The molecular formula is C30H22N2O2. The molecule has 0 radical (unpaired) electrons. The molecular weight excluding hydrogens is 420 g/mol. The van der Waals surface area contributed by atoms with E-state index in [1.807, 2.05) is 72.8 Å². The van der Waals surface area contributed by atoms with Gasteiger partial charge in [0.1, 0.15) is 11.5 Å². The zero-order valence-electron chi connectivity index (χ0n) is 18.5. The number of aromatic nitrogens is 2. The summed E-state index contributed by atoms with van der Waals surface area (Å²) in [5, 5.41) is 27.7. The first-order valence-electron chi connectivity index (χ1n) is 11.2. The third-order valence-corrected chi connectivity index (χ3v) is 6.50. The highest BCUT2D eigenvalue weighted by atomic mass is 16.3. The lowest BCUT2D eigenvalue weighted by atomic mass is 9.94. The molecule has 2 aromatic heterocycles. The Hall–Kier alpha value is -4.44. The maximum absolute atomic E-state index is 11.1. The lowest BCUT2D eigenvalue weighted by Gasteiger charge is -2.13. The van der Waals surface area contributed by atoms with Crippen molar-refractivity contribution in [1.29, 1.82) is 0 Å². The van der Waals surface area contributed by atoms with Gasteiger partial charge in [-0.05, 0) is 46.9 Å². The highest BCUT2D eigenvalue weighted by Crippen LogP contribution is 2.37. The number of nitrogens with zero attached hydrogens (tertiary/aromatic N) is 2. The Bertz CT molecular complexity index is 1630. The quantitative estimate of drug-likeness (QED) is 0.232. The molecule has 34 heavy (non-hydrogen) atoms. The van der Waals surface area contributed by atoms with Gasteiger partial charge < -0.3 is 10.2 Å². The Morgan fingerprint density at radius 3 is 1.47 bits per heavy atom. The minimum atomic E-state index is 0.237. The third kappa shape index (κ3) is 3.23. The molecule has 0 aliphatic heterocycles. The molecule has 4 heteroatoms. The van der Waals surface area contributed by atoms with Crippen LogP contribution in [0, 0.1) is 0 Å². The van der Waals surface area contributed by atoms with Crippen molar-refractivity contribution in [2.24, 2.45) is 0 Å². The summed E-state index contributed by atoms with van der Waals surface area (Å²) in [5.74, 6) is 0.474. The molecule has 0 spiro atoms. The van der Waals surface area contributed by atoms with Crippen molar-refractivity contribution >= 4 is 43.4 Å². The molecule has 2 heterocycles. The number of hydrogen-bond donors (Lipinski definition) is 2. The first-order valence-corrected chi connectivity index (χ1v) is 11.2. The average molecular weight is 443 g/mol. The van der Waals surface area contributed by atoms with Crippen molar-refractivity contribution in [3.05, 3.63) is 108 Å². The second-order valence-electron chi connectivity index (χ2n) is 8.73. The van der Waals surface area contributed by atoms with Gasteiger partial charge in [0.2, 0.25) is 0 Å². The lowest BCUT2D eigenvalue weighted by molar-refractivity contribution is 0.474. The summed E-state index contributed by atoms with van der Waals surface area (Å²) in [4.78, 5) is 9.00. The summed E-state index contributed by atoms with van der Waals surface area (Å²) in [5.41, 5.74) is 4.06. The van der Waals surface area contributed by atoms with Gasteiger partial charge in [0, 0.05) is 23.2 Å². The van der Waals surface area contributed by atoms with Crippen LogP contribution in [-0.4, -0.2) is 20.2 Å². The van der Waals surface area contributed by atoms with Gasteiger partial charge in [-0.25, -0.2) is 0 Å². The molecule has 0 bridgehead atoms. The van der Waals surface area contributed by atoms with Gasteiger partial charge in [-0.1, -0.05) is 72.8 Å². The summed E-state index contributed by atoms with van der Waals surface area (Å²) in [6.45, 7) is 4.26. The Morgan fingerprint density at radius 2 is 1.00 bits per heavy atom. The van der Waals surface area contributed by atoms with Gasteiger partial charge in [-0.2, -0.15) is 0 Å². The van der Waals surface area contributed by atoms with Gasteiger partial charge in [0.15, 0.2) is 0 Å². The van der Waals surface area contributed by atoms with E-state index in [9.17, 15) is 10.2 Å². The molecule has 2 N–H and O–H groups in total. The van der Waals surface area contributed by atoms with E-state index < -0.39 is 0 Å². The molecule has 0 unspecified atom stereocenters. The molecule has 0 amide bonds. The first kappa shape index (κ1) is 20.2. The standard InChI is InChI=1S/C30H22N2O2/c1-18(16-23-12-8-19-6-10-21-4-2-14-31-27(21)25(19)29(23)33)17-24-13-9-20-7-11-22-5-3-15-32-28(22)26(20)30(24)34/h2-15,33-34H,1,16-17H2. The molecule has 0 fully saturated rings. The van der Waals surface area contributed by atoms with Crippen molar-refractivity contribution in [3.63, 3.8) is 0 Å². The molecule has 0 aliphatic rings. The van der Waals surface area contributed by atoms with Crippen LogP contribution >= 0.6 is 0 Å². The van der Waals surface area contributed by atoms with Crippen LogP contribution in [0.3, 0.4) is 0 Å². The smallest absolute Gasteiger partial charge is 0.129 e. The van der Waals surface area contributed by atoms with E-state index in [0.29, 0.717) is 12.8 Å². The Balaban J connectivity index is 1.36. The minimum absolute atomic E-state index is 0.237. The van der Waals surface area contributed by atoms with Crippen LogP contribution in [0.1, 0.15) is 11.1 Å². The Labute approximate surface area is 196 Å². The first-order chi connectivity index (χ1) is 16.6. The molecule has 164 valence electrons. The summed E-state index contributed by atoms with van der Waals surface area (Å²) >= 11 is 0. The number of rotatable bonds is 4. The fourth-order valence-electron chi connectivity index (χ4n) is 4.84. The summed E-state index contributed by atoms with van der Waals surface area (Å²) in [7, 11) is 0. The maximum atomic E-state index is 11.1. The predicted molar refractivity (Wildman–Crippen MR) is 138 cm³/mol. The number of allylic oxidation sites excluding steroid dienone is 1. The second-order valence-corrected chi connectivity index (χ2v) is 8.73. The largest absolute Gasteiger partial charge is 0.507 e. The fourth-order valence-corrected chi connectivity index (χ4v) is 4.84. The van der Waals surface area contributed by atoms with E-state index >= 15 is 0 Å². The summed E-state index contributed by atoms with van der Waals surface area (Å²) in [6.07, 6.45) is 4.48. The number of phenols is 2. The van der Waals surface area contributed by atoms with E-state index in [-0.39, 0.29) is 11.5 Å². The number of benzene rings is 4. The zero-order valence-corrected chi connectivity index (χ0v) is 18.5. The molecule has 0 saturated heterocycles. The number of pyridine rings is 2. The monoisotopic (exact) mass is 442 g/mol. The van der Waals surface area contributed by atoms with Gasteiger partial charge in [-0.3, -0.25) is 9.97 Å². The number of hydrogen-bond acceptors (Lipinski definition) is 4. The zero-order chi connectivity index (χ0) is 23.2. The molecule has 4 nitrogen and oxygen atoms in total. The van der Waals surface area contributed by atoms with Crippen LogP contribution in [0.25, 0.3) is 43.4 Å². The van der Waals surface area contributed by atoms with Gasteiger partial charge in [-0.15, -0.1) is 0 Å². The Kier molecular flexibility index (Phi) is 4.66. The topological polar surface area (TPSA) is 66.2 Å². The van der Waals surface area contributed by atoms with Crippen molar-refractivity contribution in [3.8, 4) is 11.5 Å². The summed E-state index contributed by atoms with van der Waals surface area (Å²) in [6, 6.07) is 23.7. The van der Waals surface area contributed by atoms with Crippen LogP contribution < -0.4 is 0 Å². The maximum Gasteiger partial charge on any atom is 0.129 e. The van der Waals surface area contributed by atoms with Crippen molar-refractivity contribution in [1.82, 2.24) is 9.97 Å². The third-order valence-electron chi connectivity index (χ3n) is 6.50. The van der Waals surface area contributed by atoms with Crippen molar-refractivity contribution in [2.45, 2.75) is 12.8 Å². The SMILES string of the molecule is C=C(Cc1ccc2ccc3cccnc3c2c1O)Cc1ccc2ccc3cccnc3c2c1O. The minimum Gasteiger partial charge on any atom is -0.507 e. The fraction of sp³-hybridized carbons (Fsp3) is 0.0667. The molecule has 4 aromatic carbocycles. The van der Waals surface area contributed by atoms with Crippen LogP contribution in [0.4, 0.5) is 0 Å².